The van der Waals surface area contributed by atoms with Crippen molar-refractivity contribution in [2.75, 3.05) is 20.2 Å². The zero-order chi connectivity index (χ0) is 14.7. The highest BCUT2D eigenvalue weighted by Crippen LogP contribution is 2.29. The molecule has 1 atom stereocenters. The maximum atomic E-state index is 14.1. The van der Waals surface area contributed by atoms with Gasteiger partial charge in [0, 0.05) is 11.6 Å². The summed E-state index contributed by atoms with van der Waals surface area (Å²) < 4.78 is 19.9. The molecule has 1 heterocycles. The molecule has 1 aliphatic rings. The van der Waals surface area contributed by atoms with Crippen LogP contribution in [0.3, 0.4) is 0 Å². The van der Waals surface area contributed by atoms with Gasteiger partial charge in [0.25, 0.3) is 0 Å². The Morgan fingerprint density at radius 3 is 2.95 bits per heavy atom. The van der Waals surface area contributed by atoms with Crippen molar-refractivity contribution in [2.24, 2.45) is 5.73 Å². The number of rotatable bonds is 5. The molecular formula is C14H18BrFN2OS. The van der Waals surface area contributed by atoms with Crippen LogP contribution in [0.4, 0.5) is 4.39 Å². The molecule has 0 aliphatic carbocycles. The maximum Gasteiger partial charge on any atom is 0.179 e. The predicted molar refractivity (Wildman–Crippen MR) is 85.8 cm³/mol. The first-order chi connectivity index (χ1) is 9.50. The lowest BCUT2D eigenvalue weighted by Gasteiger charge is -2.19. The van der Waals surface area contributed by atoms with Gasteiger partial charge in [-0.05, 0) is 60.9 Å². The van der Waals surface area contributed by atoms with E-state index >= 15 is 0 Å². The third-order valence-electron chi connectivity index (χ3n) is 3.69. The average Bonchev–Trinajstić information content (AvgIpc) is 2.80. The van der Waals surface area contributed by atoms with Crippen molar-refractivity contribution in [3.8, 4) is 5.75 Å². The van der Waals surface area contributed by atoms with E-state index in [-0.39, 0.29) is 15.2 Å². The molecule has 1 fully saturated rings. The molecule has 0 spiro atoms. The molecule has 1 aromatic carbocycles. The van der Waals surface area contributed by atoms with Gasteiger partial charge in [-0.15, -0.1) is 0 Å². The van der Waals surface area contributed by atoms with Crippen LogP contribution in [0.1, 0.15) is 24.8 Å². The highest BCUT2D eigenvalue weighted by molar-refractivity contribution is 9.10. The van der Waals surface area contributed by atoms with Gasteiger partial charge in [0.05, 0.1) is 11.1 Å². The second-order valence-electron chi connectivity index (χ2n) is 5.02. The van der Waals surface area contributed by atoms with Crippen molar-refractivity contribution in [1.82, 2.24) is 4.90 Å². The minimum absolute atomic E-state index is 0.162. The van der Waals surface area contributed by atoms with Crippen LogP contribution < -0.4 is 10.5 Å². The fourth-order valence-electron chi connectivity index (χ4n) is 2.48. The second kappa shape index (κ2) is 6.83. The van der Waals surface area contributed by atoms with E-state index in [9.17, 15) is 4.39 Å². The topological polar surface area (TPSA) is 38.5 Å². The number of hydrogen-bond donors (Lipinski definition) is 1. The summed E-state index contributed by atoms with van der Waals surface area (Å²) in [6.07, 6.45) is 3.32. The standard InChI is InChI=1S/C14H18BrFN2OS/c1-18-7-2-3-9(18)6-8-19-11-5-4-10(14(17)20)12(15)13(11)16/h4-5,9H,2-3,6-8H2,1H3,(H2,17,20). The summed E-state index contributed by atoms with van der Waals surface area (Å²) in [4.78, 5) is 2.49. The van der Waals surface area contributed by atoms with Gasteiger partial charge in [-0.25, -0.2) is 4.39 Å². The van der Waals surface area contributed by atoms with E-state index in [1.54, 1.807) is 12.1 Å². The number of benzene rings is 1. The smallest absolute Gasteiger partial charge is 0.179 e. The van der Waals surface area contributed by atoms with Crippen LogP contribution in [-0.4, -0.2) is 36.1 Å². The summed E-state index contributed by atoms with van der Waals surface area (Å²) in [5.41, 5.74) is 6.01. The number of nitrogens with two attached hydrogens (primary N) is 1. The minimum Gasteiger partial charge on any atom is -0.490 e. The van der Waals surface area contributed by atoms with Crippen LogP contribution in [0.25, 0.3) is 0 Å². The predicted octanol–water partition coefficient (Wildman–Crippen LogP) is 3.09. The van der Waals surface area contributed by atoms with Crippen molar-refractivity contribution < 1.29 is 9.13 Å². The van der Waals surface area contributed by atoms with E-state index in [4.69, 9.17) is 22.7 Å². The number of likely N-dealkylation sites (tertiary alicyclic amines) is 1. The number of hydrogen-bond acceptors (Lipinski definition) is 3. The first kappa shape index (κ1) is 15.7. The van der Waals surface area contributed by atoms with Gasteiger partial charge in [0.1, 0.15) is 4.99 Å². The number of thiocarbonyl (C=S) groups is 1. The third kappa shape index (κ3) is 3.48. The van der Waals surface area contributed by atoms with Crippen LogP contribution in [0.2, 0.25) is 0 Å². The van der Waals surface area contributed by atoms with Crippen molar-refractivity contribution >= 4 is 33.1 Å². The Bertz CT molecular complexity index is 512. The normalized spacial score (nSPS) is 19.2. The summed E-state index contributed by atoms with van der Waals surface area (Å²) in [5.74, 6) is -0.215. The first-order valence-electron chi connectivity index (χ1n) is 6.61. The molecule has 2 N–H and O–H groups in total. The van der Waals surface area contributed by atoms with Gasteiger partial charge in [-0.1, -0.05) is 12.2 Å². The minimum atomic E-state index is -0.449. The highest BCUT2D eigenvalue weighted by Gasteiger charge is 2.21. The monoisotopic (exact) mass is 360 g/mol. The van der Waals surface area contributed by atoms with E-state index in [0.29, 0.717) is 18.2 Å². The highest BCUT2D eigenvalue weighted by atomic mass is 79.9. The van der Waals surface area contributed by atoms with E-state index in [1.807, 2.05) is 0 Å². The molecule has 110 valence electrons. The van der Waals surface area contributed by atoms with Crippen molar-refractivity contribution in [2.45, 2.75) is 25.3 Å². The van der Waals surface area contributed by atoms with E-state index < -0.39 is 5.82 Å². The number of halogens is 2. The molecule has 0 saturated carbocycles. The van der Waals surface area contributed by atoms with E-state index in [2.05, 4.69) is 27.9 Å². The third-order valence-corrected chi connectivity index (χ3v) is 4.69. The van der Waals surface area contributed by atoms with Gasteiger partial charge in [-0.3, -0.25) is 0 Å². The molecule has 1 saturated heterocycles. The molecule has 3 nitrogen and oxygen atoms in total. The van der Waals surface area contributed by atoms with Crippen molar-refractivity contribution in [3.63, 3.8) is 0 Å². The van der Waals surface area contributed by atoms with E-state index in [1.165, 1.54) is 12.8 Å². The first-order valence-corrected chi connectivity index (χ1v) is 7.81. The summed E-state index contributed by atoms with van der Waals surface area (Å²) in [6.45, 7) is 1.64. The summed E-state index contributed by atoms with van der Waals surface area (Å²) in [5, 5.41) is 0. The van der Waals surface area contributed by atoms with Gasteiger partial charge in [0.15, 0.2) is 11.6 Å². The summed E-state index contributed by atoms with van der Waals surface area (Å²) >= 11 is 8.03. The molecular weight excluding hydrogens is 343 g/mol. The molecule has 0 bridgehead atoms. The fourth-order valence-corrected chi connectivity index (χ4v) is 3.32. The summed E-state index contributed by atoms with van der Waals surface area (Å²) in [7, 11) is 2.12. The zero-order valence-corrected chi connectivity index (χ0v) is 13.8. The van der Waals surface area contributed by atoms with Gasteiger partial charge in [0.2, 0.25) is 0 Å². The molecule has 2 rings (SSSR count). The SMILES string of the molecule is CN1CCCC1CCOc1ccc(C(N)=S)c(Br)c1F. The Morgan fingerprint density at radius 1 is 1.60 bits per heavy atom. The number of nitrogens with zero attached hydrogens (tertiary/aromatic N) is 1. The van der Waals surface area contributed by atoms with Gasteiger partial charge < -0.3 is 15.4 Å². The molecule has 20 heavy (non-hydrogen) atoms. The van der Waals surface area contributed by atoms with Crippen LogP contribution >= 0.6 is 28.1 Å². The molecule has 1 aromatic rings. The summed E-state index contributed by atoms with van der Waals surface area (Å²) in [6, 6.07) is 3.79. The maximum absolute atomic E-state index is 14.1. The Labute approximate surface area is 132 Å². The molecule has 6 heteroatoms. The second-order valence-corrected chi connectivity index (χ2v) is 6.25. The Kier molecular flexibility index (Phi) is 5.35. The number of ether oxygens (including phenoxy) is 1. The van der Waals surface area contributed by atoms with Crippen molar-refractivity contribution in [3.05, 3.63) is 28.0 Å². The largest absolute Gasteiger partial charge is 0.490 e. The lowest BCUT2D eigenvalue weighted by Crippen LogP contribution is -2.26. The molecule has 1 aliphatic heterocycles. The lowest BCUT2D eigenvalue weighted by molar-refractivity contribution is 0.227. The molecule has 0 aromatic heterocycles. The van der Waals surface area contributed by atoms with Crippen LogP contribution in [0, 0.1) is 5.82 Å². The van der Waals surface area contributed by atoms with Crippen LogP contribution in [0.5, 0.6) is 5.75 Å². The zero-order valence-electron chi connectivity index (χ0n) is 11.4. The molecule has 1 unspecified atom stereocenters. The Morgan fingerprint density at radius 2 is 2.35 bits per heavy atom. The van der Waals surface area contributed by atoms with Crippen molar-refractivity contribution in [1.29, 1.82) is 0 Å². The van der Waals surface area contributed by atoms with E-state index in [0.717, 1.165) is 13.0 Å². The Hall–Kier alpha value is -0.720. The van der Waals surface area contributed by atoms with Gasteiger partial charge in [-0.2, -0.15) is 0 Å². The molecule has 0 amide bonds. The van der Waals surface area contributed by atoms with Crippen LogP contribution in [-0.2, 0) is 0 Å². The average molecular weight is 361 g/mol. The molecule has 0 radical (unpaired) electrons. The van der Waals surface area contributed by atoms with Gasteiger partial charge >= 0.3 is 0 Å². The lowest BCUT2D eigenvalue weighted by atomic mass is 10.1. The van der Waals surface area contributed by atoms with Crippen LogP contribution in [0.15, 0.2) is 16.6 Å². The quantitative estimate of drug-likeness (QED) is 0.818. The fraction of sp³-hybridized carbons (Fsp3) is 0.500. The Balaban J connectivity index is 1.96.